The molecule has 0 spiro atoms. The zero-order valence-electron chi connectivity index (χ0n) is 16.6. The third-order valence-corrected chi connectivity index (χ3v) is 4.71. The first-order valence-corrected chi connectivity index (χ1v) is 9.00. The molecule has 0 amide bonds. The number of carbonyl (C=O) groups is 2. The molecule has 2 aromatic rings. The Hall–Kier alpha value is -3.28. The average molecular weight is 380 g/mol. The summed E-state index contributed by atoms with van der Waals surface area (Å²) >= 11 is 0. The van der Waals surface area contributed by atoms with Crippen LogP contribution in [0.5, 0.6) is 0 Å². The minimum atomic E-state index is -0.564. The monoisotopic (exact) mass is 380 g/mol. The number of ether oxygens (including phenoxy) is 2. The maximum absolute atomic E-state index is 12.6. The predicted molar refractivity (Wildman–Crippen MR) is 108 cm³/mol. The van der Waals surface area contributed by atoms with Crippen molar-refractivity contribution in [2.24, 2.45) is 0 Å². The highest BCUT2D eigenvalue weighted by atomic mass is 16.5. The van der Waals surface area contributed by atoms with Gasteiger partial charge in [0.25, 0.3) is 0 Å². The molecule has 0 unspecified atom stereocenters. The van der Waals surface area contributed by atoms with Crippen LogP contribution in [0.25, 0.3) is 0 Å². The molecule has 0 N–H and O–H groups in total. The highest BCUT2D eigenvalue weighted by molar-refractivity contribution is 6.04. The van der Waals surface area contributed by atoms with Crippen molar-refractivity contribution in [1.29, 1.82) is 0 Å². The summed E-state index contributed by atoms with van der Waals surface area (Å²) in [5.74, 6) is -1.11. The lowest BCUT2D eigenvalue weighted by molar-refractivity contribution is -0.139. The Morgan fingerprint density at radius 3 is 2.00 bits per heavy atom. The van der Waals surface area contributed by atoms with Gasteiger partial charge in [0.15, 0.2) is 0 Å². The van der Waals surface area contributed by atoms with Gasteiger partial charge in [-0.3, -0.25) is 0 Å². The molecule has 28 heavy (non-hydrogen) atoms. The molecule has 6 heteroatoms. The van der Waals surface area contributed by atoms with Crippen molar-refractivity contribution >= 4 is 23.3 Å². The van der Waals surface area contributed by atoms with E-state index in [-0.39, 0.29) is 17.8 Å². The highest BCUT2D eigenvalue weighted by Crippen LogP contribution is 2.31. The van der Waals surface area contributed by atoms with Gasteiger partial charge in [-0.25, -0.2) is 9.59 Å². The molecule has 1 aliphatic heterocycles. The number of nitrogens with zero attached hydrogens (tertiary/aromatic N) is 2. The van der Waals surface area contributed by atoms with Crippen LogP contribution in [-0.2, 0) is 19.1 Å². The number of rotatable bonds is 4. The summed E-state index contributed by atoms with van der Waals surface area (Å²) < 4.78 is 9.96. The van der Waals surface area contributed by atoms with E-state index in [1.54, 1.807) is 4.90 Å². The third-order valence-electron chi connectivity index (χ3n) is 4.71. The lowest BCUT2D eigenvalue weighted by atomic mass is 10.1. The second-order valence-electron chi connectivity index (χ2n) is 6.76. The number of methoxy groups -OCH3 is 2. The van der Waals surface area contributed by atoms with Crippen molar-refractivity contribution in [1.82, 2.24) is 0 Å². The van der Waals surface area contributed by atoms with E-state index < -0.39 is 11.9 Å². The molecule has 6 nitrogen and oxygen atoms in total. The largest absolute Gasteiger partial charge is 0.466 e. The number of benzene rings is 2. The molecular formula is C22H24N2O4. The van der Waals surface area contributed by atoms with Crippen LogP contribution in [0.1, 0.15) is 11.1 Å². The van der Waals surface area contributed by atoms with Crippen LogP contribution in [0.4, 0.5) is 11.4 Å². The molecule has 0 fully saturated rings. The van der Waals surface area contributed by atoms with Gasteiger partial charge >= 0.3 is 11.9 Å². The molecule has 1 aliphatic rings. The Balaban J connectivity index is 2.16. The van der Waals surface area contributed by atoms with E-state index in [0.717, 1.165) is 22.5 Å². The van der Waals surface area contributed by atoms with Crippen LogP contribution in [0.3, 0.4) is 0 Å². The number of esters is 2. The van der Waals surface area contributed by atoms with Gasteiger partial charge in [-0.2, -0.15) is 0 Å². The SMILES string of the molecule is COC(=O)C1=C(C(=O)OC)N(c2cccc(C)c2)CN(c2cccc(C)c2)C1. The van der Waals surface area contributed by atoms with Crippen LogP contribution in [0.15, 0.2) is 59.8 Å². The highest BCUT2D eigenvalue weighted by Gasteiger charge is 2.35. The quantitative estimate of drug-likeness (QED) is 0.760. The molecule has 146 valence electrons. The molecule has 0 radical (unpaired) electrons. The van der Waals surface area contributed by atoms with E-state index >= 15 is 0 Å². The number of carbonyl (C=O) groups excluding carboxylic acids is 2. The van der Waals surface area contributed by atoms with Gasteiger partial charge in [0.2, 0.25) is 0 Å². The predicted octanol–water partition coefficient (Wildman–Crippen LogP) is 3.19. The van der Waals surface area contributed by atoms with Gasteiger partial charge in [0.1, 0.15) is 5.70 Å². The summed E-state index contributed by atoms with van der Waals surface area (Å²) in [5.41, 5.74) is 4.41. The van der Waals surface area contributed by atoms with E-state index in [1.807, 2.05) is 67.3 Å². The molecule has 0 atom stereocenters. The fraction of sp³-hybridized carbons (Fsp3) is 0.273. The molecule has 0 aromatic heterocycles. The normalized spacial score (nSPS) is 14.1. The topological polar surface area (TPSA) is 59.1 Å². The Morgan fingerprint density at radius 1 is 0.857 bits per heavy atom. The summed E-state index contributed by atoms with van der Waals surface area (Å²) in [7, 11) is 2.62. The van der Waals surface area contributed by atoms with E-state index in [0.29, 0.717) is 6.67 Å². The maximum Gasteiger partial charge on any atom is 0.355 e. The lowest BCUT2D eigenvalue weighted by Crippen LogP contribution is -2.48. The van der Waals surface area contributed by atoms with E-state index in [1.165, 1.54) is 14.2 Å². The van der Waals surface area contributed by atoms with Crippen molar-refractivity contribution in [3.63, 3.8) is 0 Å². The molecule has 0 aliphatic carbocycles. The molecule has 2 aromatic carbocycles. The zero-order valence-corrected chi connectivity index (χ0v) is 16.6. The summed E-state index contributed by atoms with van der Waals surface area (Å²) in [6.07, 6.45) is 0. The average Bonchev–Trinajstić information content (AvgIpc) is 2.71. The van der Waals surface area contributed by atoms with Crippen molar-refractivity contribution < 1.29 is 19.1 Å². The van der Waals surface area contributed by atoms with Crippen molar-refractivity contribution in [3.8, 4) is 0 Å². The smallest absolute Gasteiger partial charge is 0.355 e. The second-order valence-corrected chi connectivity index (χ2v) is 6.76. The number of hydrogen-bond acceptors (Lipinski definition) is 6. The molecular weight excluding hydrogens is 356 g/mol. The lowest BCUT2D eigenvalue weighted by Gasteiger charge is -2.39. The first-order chi connectivity index (χ1) is 13.4. The minimum Gasteiger partial charge on any atom is -0.466 e. The standard InChI is InChI=1S/C22H24N2O4/c1-15-7-5-9-17(11-15)23-13-19(21(25)27-3)20(22(26)28-4)24(14-23)18-10-6-8-16(2)12-18/h5-12H,13-14H2,1-4H3. The Morgan fingerprint density at radius 2 is 1.43 bits per heavy atom. The number of hydrogen-bond donors (Lipinski definition) is 0. The summed E-state index contributed by atoms with van der Waals surface area (Å²) in [6, 6.07) is 15.8. The van der Waals surface area contributed by atoms with Crippen LogP contribution < -0.4 is 9.80 Å². The number of anilines is 2. The third kappa shape index (κ3) is 3.86. The first kappa shape index (κ1) is 19.5. The van der Waals surface area contributed by atoms with Crippen LogP contribution in [-0.4, -0.2) is 39.4 Å². The minimum absolute atomic E-state index is 0.212. The zero-order chi connectivity index (χ0) is 20.3. The summed E-state index contributed by atoms with van der Waals surface area (Å²) in [4.78, 5) is 29.0. The fourth-order valence-corrected chi connectivity index (χ4v) is 3.34. The number of aryl methyl sites for hydroxylation is 2. The van der Waals surface area contributed by atoms with Gasteiger partial charge < -0.3 is 19.3 Å². The molecule has 0 bridgehead atoms. The Bertz CT molecular complexity index is 936. The van der Waals surface area contributed by atoms with Crippen LogP contribution >= 0.6 is 0 Å². The van der Waals surface area contributed by atoms with Crippen molar-refractivity contribution in [2.75, 3.05) is 37.2 Å². The van der Waals surface area contributed by atoms with E-state index in [2.05, 4.69) is 0 Å². The summed E-state index contributed by atoms with van der Waals surface area (Å²) in [6.45, 7) is 4.65. The fourth-order valence-electron chi connectivity index (χ4n) is 3.34. The molecule has 3 rings (SSSR count). The van der Waals surface area contributed by atoms with Gasteiger partial charge in [0, 0.05) is 11.4 Å². The molecule has 1 heterocycles. The van der Waals surface area contributed by atoms with Crippen LogP contribution in [0, 0.1) is 13.8 Å². The second kappa shape index (κ2) is 8.17. The van der Waals surface area contributed by atoms with Gasteiger partial charge in [0.05, 0.1) is 33.0 Å². The van der Waals surface area contributed by atoms with Gasteiger partial charge in [-0.1, -0.05) is 24.3 Å². The molecule has 0 saturated heterocycles. The van der Waals surface area contributed by atoms with Crippen molar-refractivity contribution in [2.45, 2.75) is 13.8 Å². The molecule has 0 saturated carbocycles. The summed E-state index contributed by atoms with van der Waals surface area (Å²) in [5, 5.41) is 0. The Kier molecular flexibility index (Phi) is 5.68. The van der Waals surface area contributed by atoms with Crippen LogP contribution in [0.2, 0.25) is 0 Å². The Labute approximate surface area is 165 Å². The first-order valence-electron chi connectivity index (χ1n) is 9.00. The van der Waals surface area contributed by atoms with Gasteiger partial charge in [-0.15, -0.1) is 0 Å². The van der Waals surface area contributed by atoms with Gasteiger partial charge in [-0.05, 0) is 49.2 Å². The van der Waals surface area contributed by atoms with E-state index in [9.17, 15) is 9.59 Å². The van der Waals surface area contributed by atoms with Crippen molar-refractivity contribution in [3.05, 3.63) is 70.9 Å². The van der Waals surface area contributed by atoms with E-state index in [4.69, 9.17) is 9.47 Å². The maximum atomic E-state index is 12.6.